The minimum absolute atomic E-state index is 0.148. The highest BCUT2D eigenvalue weighted by Crippen LogP contribution is 2.44. The maximum Gasteiger partial charge on any atom is 0.534 e. The zero-order chi connectivity index (χ0) is 24.0. The number of halogens is 3. The minimum atomic E-state index is -5.91. The van der Waals surface area contributed by atoms with Gasteiger partial charge < -0.3 is 18.2 Å². The van der Waals surface area contributed by atoms with Crippen LogP contribution in [0.1, 0.15) is 22.8 Å². The van der Waals surface area contributed by atoms with Crippen LogP contribution in [0, 0.1) is 0 Å². The first kappa shape index (κ1) is 23.2. The Morgan fingerprint density at radius 1 is 1.21 bits per heavy atom. The van der Waals surface area contributed by atoms with E-state index in [1.807, 2.05) is 22.1 Å². The molecule has 0 N–H and O–H groups in total. The second-order valence-electron chi connectivity index (χ2n) is 7.03. The number of alkyl halides is 3. The van der Waals surface area contributed by atoms with Crippen LogP contribution in [0.4, 0.5) is 13.2 Å². The molecule has 7 nitrogen and oxygen atoms in total. The van der Waals surface area contributed by atoms with Crippen molar-refractivity contribution in [2.45, 2.75) is 25.4 Å². The Bertz CT molecular complexity index is 1310. The smallest absolute Gasteiger partial charge is 0.493 e. The lowest BCUT2D eigenvalue weighted by Crippen LogP contribution is -2.28. The molecule has 0 saturated carbocycles. The molecule has 0 atom stereocenters. The van der Waals surface area contributed by atoms with Gasteiger partial charge in [-0.1, -0.05) is 6.07 Å². The van der Waals surface area contributed by atoms with E-state index in [-0.39, 0.29) is 12.4 Å². The third kappa shape index (κ3) is 4.08. The van der Waals surface area contributed by atoms with E-state index in [0.29, 0.717) is 41.0 Å². The Morgan fingerprint density at radius 3 is 2.58 bits per heavy atom. The molecular formula is C21H18F3NO6S2. The molecule has 0 fully saturated rings. The van der Waals surface area contributed by atoms with Crippen LogP contribution in [0.3, 0.4) is 0 Å². The van der Waals surface area contributed by atoms with Gasteiger partial charge in [0, 0.05) is 17.8 Å². The summed E-state index contributed by atoms with van der Waals surface area (Å²) in [7, 11) is -4.70. The van der Waals surface area contributed by atoms with Gasteiger partial charge in [-0.2, -0.15) is 21.6 Å². The molecule has 4 rings (SSSR count). The van der Waals surface area contributed by atoms with E-state index in [2.05, 4.69) is 4.18 Å². The van der Waals surface area contributed by atoms with Crippen LogP contribution in [0.25, 0.3) is 21.8 Å². The summed E-state index contributed by atoms with van der Waals surface area (Å²) in [5.41, 5.74) is -2.99. The van der Waals surface area contributed by atoms with Crippen molar-refractivity contribution in [3.05, 3.63) is 46.8 Å². The lowest BCUT2D eigenvalue weighted by molar-refractivity contribution is -0.0500. The number of methoxy groups -OCH3 is 1. The lowest BCUT2D eigenvalue weighted by atomic mass is 9.97. The summed E-state index contributed by atoms with van der Waals surface area (Å²) in [5, 5.41) is 1.86. The molecule has 0 aliphatic carbocycles. The quantitative estimate of drug-likeness (QED) is 0.273. The van der Waals surface area contributed by atoms with Crippen LogP contribution in [-0.2, 0) is 27.8 Å². The summed E-state index contributed by atoms with van der Waals surface area (Å²) >= 11 is 1.43. The van der Waals surface area contributed by atoms with Gasteiger partial charge in [-0.05, 0) is 48.6 Å². The van der Waals surface area contributed by atoms with Crippen LogP contribution in [0.2, 0.25) is 0 Å². The average molecular weight is 502 g/mol. The predicted octanol–water partition coefficient (Wildman–Crippen LogP) is 4.85. The van der Waals surface area contributed by atoms with Crippen LogP contribution < -0.4 is 8.92 Å². The summed E-state index contributed by atoms with van der Waals surface area (Å²) < 4.78 is 78.5. The SMILES string of the molecule is CCOC(=O)c1cc2n(c1-c1cccs1)CCc1cc(OC)c(OS(=O)(=O)C(F)(F)F)cc1-2. The van der Waals surface area contributed by atoms with Crippen LogP contribution >= 0.6 is 11.3 Å². The van der Waals surface area contributed by atoms with Gasteiger partial charge in [0.1, 0.15) is 0 Å². The van der Waals surface area contributed by atoms with Crippen LogP contribution in [0.15, 0.2) is 35.7 Å². The molecule has 1 aromatic carbocycles. The van der Waals surface area contributed by atoms with E-state index in [0.717, 1.165) is 4.88 Å². The number of rotatable bonds is 6. The molecule has 176 valence electrons. The standard InChI is InChI=1S/C21H18F3NO6S2/c1-3-30-20(26)14-10-15-13-11-17(31-33(27,28)21(22,23)24)16(29-2)9-12(13)6-7-25(15)19(14)18-5-4-8-32-18/h4-5,8-11H,3,6-7H2,1-2H3. The van der Waals surface area contributed by atoms with Gasteiger partial charge in [0.05, 0.1) is 29.9 Å². The van der Waals surface area contributed by atoms with E-state index >= 15 is 0 Å². The normalized spacial score (nSPS) is 13.2. The number of thiophene rings is 1. The van der Waals surface area contributed by atoms with E-state index in [9.17, 15) is 26.4 Å². The number of carbonyl (C=O) groups is 1. The Hall–Kier alpha value is -2.99. The fourth-order valence-corrected chi connectivity index (χ4v) is 4.97. The zero-order valence-corrected chi connectivity index (χ0v) is 19.1. The molecule has 12 heteroatoms. The molecule has 0 bridgehead atoms. The summed E-state index contributed by atoms with van der Waals surface area (Å²) in [5.74, 6) is -1.28. The number of benzene rings is 1. The molecule has 1 aliphatic rings. The van der Waals surface area contributed by atoms with E-state index < -0.39 is 27.3 Å². The van der Waals surface area contributed by atoms with Crippen molar-refractivity contribution in [3.63, 3.8) is 0 Å². The summed E-state index contributed by atoms with van der Waals surface area (Å²) in [6.07, 6.45) is 0.473. The zero-order valence-electron chi connectivity index (χ0n) is 17.4. The number of ether oxygens (including phenoxy) is 2. The summed E-state index contributed by atoms with van der Waals surface area (Å²) in [6, 6.07) is 7.92. The third-order valence-corrected chi connectivity index (χ3v) is 6.94. The monoisotopic (exact) mass is 501 g/mol. The fraction of sp³-hybridized carbons (Fsp3) is 0.286. The van der Waals surface area contributed by atoms with Crippen molar-refractivity contribution in [1.82, 2.24) is 4.57 Å². The molecule has 0 saturated heterocycles. The van der Waals surface area contributed by atoms with Crippen molar-refractivity contribution >= 4 is 27.4 Å². The van der Waals surface area contributed by atoms with Crippen LogP contribution in [0.5, 0.6) is 11.5 Å². The van der Waals surface area contributed by atoms with Crippen molar-refractivity contribution in [1.29, 1.82) is 0 Å². The van der Waals surface area contributed by atoms with Gasteiger partial charge >= 0.3 is 21.6 Å². The van der Waals surface area contributed by atoms with Gasteiger partial charge in [0.2, 0.25) is 0 Å². The van der Waals surface area contributed by atoms with Crippen molar-refractivity contribution in [2.24, 2.45) is 0 Å². The molecule has 0 unspecified atom stereocenters. The number of esters is 1. The predicted molar refractivity (Wildman–Crippen MR) is 115 cm³/mol. The van der Waals surface area contributed by atoms with Gasteiger partial charge in [0.15, 0.2) is 11.5 Å². The molecule has 3 heterocycles. The molecule has 33 heavy (non-hydrogen) atoms. The molecule has 0 amide bonds. The minimum Gasteiger partial charge on any atom is -0.493 e. The van der Waals surface area contributed by atoms with E-state index in [1.54, 1.807) is 13.0 Å². The van der Waals surface area contributed by atoms with Crippen molar-refractivity contribution < 1.29 is 40.0 Å². The first-order valence-electron chi connectivity index (χ1n) is 9.74. The third-order valence-electron chi connectivity index (χ3n) is 5.10. The van der Waals surface area contributed by atoms with Crippen molar-refractivity contribution in [3.8, 4) is 33.3 Å². The number of aromatic nitrogens is 1. The highest BCUT2D eigenvalue weighted by atomic mass is 32.2. The van der Waals surface area contributed by atoms with E-state index in [4.69, 9.17) is 9.47 Å². The van der Waals surface area contributed by atoms with Gasteiger partial charge in [-0.15, -0.1) is 11.3 Å². The molecule has 0 spiro atoms. The first-order chi connectivity index (χ1) is 15.6. The summed E-state index contributed by atoms with van der Waals surface area (Å²) in [6.45, 7) is 2.34. The Kier molecular flexibility index (Phi) is 5.91. The Labute approximate surface area is 191 Å². The maximum atomic E-state index is 12.9. The topological polar surface area (TPSA) is 83.8 Å². The van der Waals surface area contributed by atoms with Gasteiger partial charge in [-0.3, -0.25) is 0 Å². The number of hydrogen-bond acceptors (Lipinski definition) is 7. The van der Waals surface area contributed by atoms with Crippen LogP contribution in [-0.4, -0.2) is 38.2 Å². The maximum absolute atomic E-state index is 12.9. The molecule has 1 aliphatic heterocycles. The largest absolute Gasteiger partial charge is 0.534 e. The molecule has 3 aromatic rings. The van der Waals surface area contributed by atoms with Gasteiger partial charge in [-0.25, -0.2) is 4.79 Å². The highest BCUT2D eigenvalue weighted by molar-refractivity contribution is 7.88. The van der Waals surface area contributed by atoms with Crippen molar-refractivity contribution in [2.75, 3.05) is 13.7 Å². The Morgan fingerprint density at radius 2 is 1.97 bits per heavy atom. The number of hydrogen-bond donors (Lipinski definition) is 0. The molecule has 0 radical (unpaired) electrons. The molecule has 2 aromatic heterocycles. The average Bonchev–Trinajstić information content (AvgIpc) is 3.40. The number of fused-ring (bicyclic) bond motifs is 3. The molecular weight excluding hydrogens is 483 g/mol. The number of aryl methyl sites for hydroxylation is 1. The summed E-state index contributed by atoms with van der Waals surface area (Å²) in [4.78, 5) is 13.5. The second-order valence-corrected chi connectivity index (χ2v) is 9.52. The van der Waals surface area contributed by atoms with Gasteiger partial charge in [0.25, 0.3) is 0 Å². The number of carbonyl (C=O) groups excluding carboxylic acids is 1. The highest BCUT2D eigenvalue weighted by Gasteiger charge is 2.49. The fourth-order valence-electron chi connectivity index (χ4n) is 3.72. The number of nitrogens with zero attached hydrogens (tertiary/aromatic N) is 1. The Balaban J connectivity index is 1.90. The first-order valence-corrected chi connectivity index (χ1v) is 12.0. The lowest BCUT2D eigenvalue weighted by Gasteiger charge is -2.23. The second kappa shape index (κ2) is 8.41. The van der Waals surface area contributed by atoms with E-state index in [1.165, 1.54) is 30.6 Å².